The molecule has 0 radical (unpaired) electrons. The molecule has 4 nitrogen and oxygen atoms in total. The van der Waals surface area contributed by atoms with Crippen LogP contribution in [-0.4, -0.2) is 36.7 Å². The molecule has 0 aromatic carbocycles. The summed E-state index contributed by atoms with van der Waals surface area (Å²) in [6, 6.07) is 0.112. The molecule has 1 fully saturated rings. The number of likely N-dealkylation sites (tertiary alicyclic amines) is 1. The fourth-order valence-electron chi connectivity index (χ4n) is 1.17. The van der Waals surface area contributed by atoms with Crippen molar-refractivity contribution in [2.24, 2.45) is 5.73 Å². The van der Waals surface area contributed by atoms with Gasteiger partial charge in [-0.1, -0.05) is 12.7 Å². The number of ether oxygens (including phenoxy) is 1. The Labute approximate surface area is 72.0 Å². The van der Waals surface area contributed by atoms with Crippen molar-refractivity contribution in [2.45, 2.75) is 12.5 Å². The molecule has 0 spiro atoms. The van der Waals surface area contributed by atoms with Gasteiger partial charge in [0, 0.05) is 19.1 Å². The van der Waals surface area contributed by atoms with Crippen LogP contribution in [0, 0.1) is 0 Å². The van der Waals surface area contributed by atoms with Crippen LogP contribution in [0.5, 0.6) is 0 Å². The Bertz CT molecular complexity index is 182. The molecule has 1 aliphatic heterocycles. The second-order valence-corrected chi connectivity index (χ2v) is 2.86. The lowest BCUT2D eigenvalue weighted by molar-refractivity contribution is 0.121. The minimum atomic E-state index is -0.289. The minimum absolute atomic E-state index is 0.112. The zero-order valence-corrected chi connectivity index (χ0v) is 7.03. The first-order valence-electron chi connectivity index (χ1n) is 4.02. The molecule has 1 amide bonds. The standard InChI is InChI=1S/C8H14N2O2/c1-2-5-12-8(11)10-4-3-7(9)6-10/h2,7H,1,3-6,9H2. The van der Waals surface area contributed by atoms with Crippen molar-refractivity contribution in [1.29, 1.82) is 0 Å². The Hall–Kier alpha value is -1.03. The van der Waals surface area contributed by atoms with E-state index in [1.54, 1.807) is 11.0 Å². The van der Waals surface area contributed by atoms with Crippen LogP contribution in [0.25, 0.3) is 0 Å². The van der Waals surface area contributed by atoms with E-state index < -0.39 is 0 Å². The van der Waals surface area contributed by atoms with Gasteiger partial charge in [-0.3, -0.25) is 0 Å². The summed E-state index contributed by atoms with van der Waals surface area (Å²) in [6.07, 6.45) is 2.12. The van der Waals surface area contributed by atoms with Crippen molar-refractivity contribution < 1.29 is 9.53 Å². The van der Waals surface area contributed by atoms with Gasteiger partial charge >= 0.3 is 6.09 Å². The average Bonchev–Trinajstić information content (AvgIpc) is 2.47. The third-order valence-electron chi connectivity index (χ3n) is 1.81. The van der Waals surface area contributed by atoms with Crippen molar-refractivity contribution in [3.8, 4) is 0 Å². The molecule has 2 N–H and O–H groups in total. The van der Waals surface area contributed by atoms with Crippen LogP contribution in [-0.2, 0) is 4.74 Å². The van der Waals surface area contributed by atoms with E-state index in [2.05, 4.69) is 6.58 Å². The Morgan fingerprint density at radius 3 is 3.08 bits per heavy atom. The Morgan fingerprint density at radius 1 is 1.83 bits per heavy atom. The van der Waals surface area contributed by atoms with Gasteiger partial charge in [-0.25, -0.2) is 4.79 Å². The molecule has 1 heterocycles. The summed E-state index contributed by atoms with van der Waals surface area (Å²) in [5.74, 6) is 0. The maximum absolute atomic E-state index is 11.2. The lowest BCUT2D eigenvalue weighted by atomic mass is 10.3. The Morgan fingerprint density at radius 2 is 2.58 bits per heavy atom. The second-order valence-electron chi connectivity index (χ2n) is 2.86. The summed E-state index contributed by atoms with van der Waals surface area (Å²) in [5, 5.41) is 0. The number of rotatable bonds is 2. The monoisotopic (exact) mass is 170 g/mol. The van der Waals surface area contributed by atoms with Gasteiger partial charge in [0.2, 0.25) is 0 Å². The number of hydrogen-bond acceptors (Lipinski definition) is 3. The van der Waals surface area contributed by atoms with E-state index in [1.807, 2.05) is 0 Å². The smallest absolute Gasteiger partial charge is 0.410 e. The summed E-state index contributed by atoms with van der Waals surface area (Å²) < 4.78 is 4.84. The van der Waals surface area contributed by atoms with Crippen LogP contribution in [0.15, 0.2) is 12.7 Å². The molecule has 0 aliphatic carbocycles. The molecule has 0 aromatic rings. The highest BCUT2D eigenvalue weighted by atomic mass is 16.6. The highest BCUT2D eigenvalue weighted by Gasteiger charge is 2.24. The number of carbonyl (C=O) groups excluding carboxylic acids is 1. The van der Waals surface area contributed by atoms with Crippen LogP contribution in [0.3, 0.4) is 0 Å². The quantitative estimate of drug-likeness (QED) is 0.608. The van der Waals surface area contributed by atoms with Gasteiger partial charge in [0.15, 0.2) is 0 Å². The van der Waals surface area contributed by atoms with Crippen LogP contribution in [0.1, 0.15) is 6.42 Å². The van der Waals surface area contributed by atoms with Crippen LogP contribution >= 0.6 is 0 Å². The fourth-order valence-corrected chi connectivity index (χ4v) is 1.17. The maximum Gasteiger partial charge on any atom is 0.410 e. The first kappa shape index (κ1) is 9.06. The predicted octanol–water partition coefficient (Wildman–Crippen LogP) is 0.342. The van der Waals surface area contributed by atoms with Crippen molar-refractivity contribution in [1.82, 2.24) is 4.90 Å². The molecule has 1 atom stereocenters. The summed E-state index contributed by atoms with van der Waals surface area (Å²) >= 11 is 0. The van der Waals surface area contributed by atoms with Gasteiger partial charge in [0.05, 0.1) is 0 Å². The highest BCUT2D eigenvalue weighted by Crippen LogP contribution is 2.07. The lowest BCUT2D eigenvalue weighted by Crippen LogP contribution is -2.32. The average molecular weight is 170 g/mol. The van der Waals surface area contributed by atoms with Crippen molar-refractivity contribution in [2.75, 3.05) is 19.7 Å². The molecule has 68 valence electrons. The van der Waals surface area contributed by atoms with Gasteiger partial charge in [-0.15, -0.1) is 0 Å². The fraction of sp³-hybridized carbons (Fsp3) is 0.625. The van der Waals surface area contributed by atoms with E-state index in [4.69, 9.17) is 10.5 Å². The van der Waals surface area contributed by atoms with Gasteiger partial charge in [0.25, 0.3) is 0 Å². The molecule has 0 aromatic heterocycles. The van der Waals surface area contributed by atoms with Gasteiger partial charge in [0.1, 0.15) is 6.61 Å². The third kappa shape index (κ3) is 2.23. The zero-order chi connectivity index (χ0) is 8.97. The molecule has 4 heteroatoms. The molecule has 1 unspecified atom stereocenters. The molecular weight excluding hydrogens is 156 g/mol. The number of nitrogens with zero attached hydrogens (tertiary/aromatic N) is 1. The second kappa shape index (κ2) is 4.11. The first-order chi connectivity index (χ1) is 5.74. The number of carbonyl (C=O) groups is 1. The van der Waals surface area contributed by atoms with E-state index in [0.29, 0.717) is 13.1 Å². The first-order valence-corrected chi connectivity index (χ1v) is 4.02. The van der Waals surface area contributed by atoms with Crippen molar-refractivity contribution in [3.05, 3.63) is 12.7 Å². The van der Waals surface area contributed by atoms with Gasteiger partial charge < -0.3 is 15.4 Å². The summed E-state index contributed by atoms with van der Waals surface area (Å²) in [5.41, 5.74) is 5.62. The van der Waals surface area contributed by atoms with Gasteiger partial charge in [-0.05, 0) is 6.42 Å². The topological polar surface area (TPSA) is 55.6 Å². The van der Waals surface area contributed by atoms with Crippen molar-refractivity contribution >= 4 is 6.09 Å². The Kier molecular flexibility index (Phi) is 3.10. The van der Waals surface area contributed by atoms with Crippen LogP contribution in [0.4, 0.5) is 4.79 Å². The molecule has 0 bridgehead atoms. The highest BCUT2D eigenvalue weighted by molar-refractivity contribution is 5.68. The largest absolute Gasteiger partial charge is 0.445 e. The van der Waals surface area contributed by atoms with E-state index in [9.17, 15) is 4.79 Å². The number of nitrogens with two attached hydrogens (primary N) is 1. The normalized spacial score (nSPS) is 22.4. The summed E-state index contributed by atoms with van der Waals surface area (Å²) in [4.78, 5) is 12.8. The third-order valence-corrected chi connectivity index (χ3v) is 1.81. The number of hydrogen-bond donors (Lipinski definition) is 1. The molecule has 12 heavy (non-hydrogen) atoms. The predicted molar refractivity (Wildman–Crippen MR) is 45.7 cm³/mol. The van der Waals surface area contributed by atoms with Crippen LogP contribution in [0.2, 0.25) is 0 Å². The van der Waals surface area contributed by atoms with Crippen molar-refractivity contribution in [3.63, 3.8) is 0 Å². The molecule has 1 saturated heterocycles. The molecule has 1 aliphatic rings. The lowest BCUT2D eigenvalue weighted by Gasteiger charge is -2.14. The summed E-state index contributed by atoms with van der Waals surface area (Å²) in [7, 11) is 0. The zero-order valence-electron chi connectivity index (χ0n) is 7.03. The molecular formula is C8H14N2O2. The van der Waals surface area contributed by atoms with E-state index >= 15 is 0 Å². The van der Waals surface area contributed by atoms with E-state index in [-0.39, 0.29) is 18.7 Å². The Balaban J connectivity index is 2.28. The maximum atomic E-state index is 11.2. The van der Waals surface area contributed by atoms with Crippen LogP contribution < -0.4 is 5.73 Å². The molecule has 1 rings (SSSR count). The minimum Gasteiger partial charge on any atom is -0.445 e. The summed E-state index contributed by atoms with van der Waals surface area (Å²) in [6.45, 7) is 5.03. The van der Waals surface area contributed by atoms with E-state index in [1.165, 1.54) is 0 Å². The molecule has 0 saturated carbocycles. The van der Waals surface area contributed by atoms with E-state index in [0.717, 1.165) is 6.42 Å². The SMILES string of the molecule is C=CCOC(=O)N1CCC(N)C1. The van der Waals surface area contributed by atoms with Gasteiger partial charge in [-0.2, -0.15) is 0 Å². The number of amides is 1.